The summed E-state index contributed by atoms with van der Waals surface area (Å²) in [7, 11) is 0. The first-order valence-electron chi connectivity index (χ1n) is 5.81. The number of non-ortho nitro benzene ring substituents is 1. The first-order chi connectivity index (χ1) is 9.58. The summed E-state index contributed by atoms with van der Waals surface area (Å²) in [5.74, 6) is -0.140. The molecule has 0 atom stereocenters. The lowest BCUT2D eigenvalue weighted by Gasteiger charge is -2.12. The number of rotatable bonds is 4. The molecule has 1 aliphatic heterocycles. The van der Waals surface area contributed by atoms with Crippen molar-refractivity contribution in [1.29, 1.82) is 0 Å². The molecule has 0 saturated carbocycles. The van der Waals surface area contributed by atoms with Gasteiger partial charge < -0.3 is 9.57 Å². The summed E-state index contributed by atoms with van der Waals surface area (Å²) in [6, 6.07) is 3.12. The molecule has 1 aromatic carbocycles. The van der Waals surface area contributed by atoms with Gasteiger partial charge in [-0.2, -0.15) is 0 Å². The molecule has 1 saturated heterocycles. The van der Waals surface area contributed by atoms with Crippen LogP contribution >= 0.6 is 0 Å². The highest BCUT2D eigenvalue weighted by atomic mass is 16.7. The second kappa shape index (κ2) is 6.06. The Balaban J connectivity index is 2.22. The molecule has 1 aromatic rings. The van der Waals surface area contributed by atoms with Gasteiger partial charge >= 0.3 is 5.69 Å². The number of nitro groups is 2. The van der Waals surface area contributed by atoms with Gasteiger partial charge in [0.2, 0.25) is 5.75 Å². The lowest BCUT2D eigenvalue weighted by molar-refractivity contribution is -0.394. The van der Waals surface area contributed by atoms with Crippen molar-refractivity contribution in [3.05, 3.63) is 38.4 Å². The molecule has 2 rings (SSSR count). The van der Waals surface area contributed by atoms with Crippen LogP contribution in [0.1, 0.15) is 12.8 Å². The number of ether oxygens (including phenoxy) is 1. The maximum Gasteiger partial charge on any atom is 0.321 e. The molecule has 9 heteroatoms. The van der Waals surface area contributed by atoms with E-state index in [0.717, 1.165) is 24.6 Å². The Morgan fingerprint density at radius 1 is 1.25 bits per heavy atom. The average molecular weight is 281 g/mol. The topological polar surface area (TPSA) is 117 Å². The van der Waals surface area contributed by atoms with Crippen LogP contribution in [-0.2, 0) is 4.74 Å². The van der Waals surface area contributed by atoms with Crippen molar-refractivity contribution in [3.63, 3.8) is 0 Å². The molecule has 0 bridgehead atoms. The Kier molecular flexibility index (Phi) is 4.20. The number of hydrogen-bond donors (Lipinski definition) is 0. The van der Waals surface area contributed by atoms with Crippen LogP contribution in [0, 0.1) is 20.2 Å². The van der Waals surface area contributed by atoms with Gasteiger partial charge in [0.25, 0.3) is 5.69 Å². The summed E-state index contributed by atoms with van der Waals surface area (Å²) < 4.78 is 5.16. The van der Waals surface area contributed by atoms with Crippen LogP contribution in [0.5, 0.6) is 5.75 Å². The number of oxime groups is 1. The molecule has 1 fully saturated rings. The maximum absolute atomic E-state index is 10.9. The van der Waals surface area contributed by atoms with E-state index in [-0.39, 0.29) is 11.4 Å². The van der Waals surface area contributed by atoms with Crippen molar-refractivity contribution in [2.24, 2.45) is 5.16 Å². The zero-order valence-corrected chi connectivity index (χ0v) is 10.4. The van der Waals surface area contributed by atoms with Crippen LogP contribution in [0.2, 0.25) is 0 Å². The van der Waals surface area contributed by atoms with E-state index in [2.05, 4.69) is 5.16 Å². The third-order valence-corrected chi connectivity index (χ3v) is 2.65. The average Bonchev–Trinajstić information content (AvgIpc) is 2.45. The Morgan fingerprint density at radius 3 is 2.65 bits per heavy atom. The molecule has 0 N–H and O–H groups in total. The highest BCUT2D eigenvalue weighted by Crippen LogP contribution is 2.31. The first-order valence-corrected chi connectivity index (χ1v) is 5.81. The molecule has 0 aliphatic carbocycles. The zero-order chi connectivity index (χ0) is 14.5. The number of benzene rings is 1. The summed E-state index contributed by atoms with van der Waals surface area (Å²) in [4.78, 5) is 25.0. The number of nitrogens with zero attached hydrogens (tertiary/aromatic N) is 3. The SMILES string of the molecule is O=[N+]([O-])c1ccc(ON=C2CCCOC2)c([N+](=O)[O-])c1. The molecule has 0 unspecified atom stereocenters. The Labute approximate surface area is 113 Å². The smallest absolute Gasteiger partial charge is 0.321 e. The van der Waals surface area contributed by atoms with E-state index in [4.69, 9.17) is 9.57 Å². The third kappa shape index (κ3) is 3.26. The summed E-state index contributed by atoms with van der Waals surface area (Å²) >= 11 is 0. The molecular formula is C11H11N3O6. The van der Waals surface area contributed by atoms with Gasteiger partial charge in [0.05, 0.1) is 28.2 Å². The summed E-state index contributed by atoms with van der Waals surface area (Å²) in [5.41, 5.74) is -0.234. The van der Waals surface area contributed by atoms with Crippen LogP contribution in [0.3, 0.4) is 0 Å². The predicted octanol–water partition coefficient (Wildman–Crippen LogP) is 2.05. The molecular weight excluding hydrogens is 270 g/mol. The van der Waals surface area contributed by atoms with E-state index in [1.54, 1.807) is 0 Å². The predicted molar refractivity (Wildman–Crippen MR) is 67.9 cm³/mol. The minimum Gasteiger partial charge on any atom is -0.375 e. The van der Waals surface area contributed by atoms with Crippen molar-refractivity contribution in [3.8, 4) is 5.75 Å². The van der Waals surface area contributed by atoms with Gasteiger partial charge in [0.15, 0.2) is 0 Å². The van der Waals surface area contributed by atoms with Crippen LogP contribution in [0.25, 0.3) is 0 Å². The van der Waals surface area contributed by atoms with Crippen molar-refractivity contribution < 1.29 is 19.4 Å². The Hall–Kier alpha value is -2.55. The van der Waals surface area contributed by atoms with Gasteiger partial charge in [-0.25, -0.2) is 0 Å². The number of hydrogen-bond acceptors (Lipinski definition) is 7. The van der Waals surface area contributed by atoms with E-state index in [0.29, 0.717) is 25.3 Å². The van der Waals surface area contributed by atoms with E-state index in [9.17, 15) is 20.2 Å². The highest BCUT2D eigenvalue weighted by Gasteiger charge is 2.21. The van der Waals surface area contributed by atoms with Crippen molar-refractivity contribution in [1.82, 2.24) is 0 Å². The fourth-order valence-corrected chi connectivity index (χ4v) is 1.67. The lowest BCUT2D eigenvalue weighted by Crippen LogP contribution is -2.17. The fourth-order valence-electron chi connectivity index (χ4n) is 1.67. The van der Waals surface area contributed by atoms with Crippen LogP contribution < -0.4 is 4.84 Å². The Bertz CT molecular complexity index is 563. The van der Waals surface area contributed by atoms with Crippen molar-refractivity contribution in [2.45, 2.75) is 12.8 Å². The largest absolute Gasteiger partial charge is 0.375 e. The molecule has 0 aromatic heterocycles. The molecule has 0 radical (unpaired) electrons. The zero-order valence-electron chi connectivity index (χ0n) is 10.4. The van der Waals surface area contributed by atoms with Gasteiger partial charge in [-0.3, -0.25) is 20.2 Å². The van der Waals surface area contributed by atoms with Crippen LogP contribution in [0.4, 0.5) is 11.4 Å². The monoisotopic (exact) mass is 281 g/mol. The molecule has 1 aliphatic rings. The quantitative estimate of drug-likeness (QED) is 0.615. The summed E-state index contributed by atoms with van der Waals surface area (Å²) in [6.07, 6.45) is 1.51. The van der Waals surface area contributed by atoms with E-state index < -0.39 is 15.5 Å². The van der Waals surface area contributed by atoms with Gasteiger partial charge in [0.1, 0.15) is 0 Å². The minimum atomic E-state index is -0.750. The number of nitro benzene ring substituents is 2. The molecule has 0 spiro atoms. The minimum absolute atomic E-state index is 0.140. The second-order valence-corrected chi connectivity index (χ2v) is 4.07. The third-order valence-electron chi connectivity index (χ3n) is 2.65. The van der Waals surface area contributed by atoms with Crippen molar-refractivity contribution in [2.75, 3.05) is 13.2 Å². The summed E-state index contributed by atoms with van der Waals surface area (Å²) in [6.45, 7) is 0.970. The van der Waals surface area contributed by atoms with Crippen LogP contribution in [0.15, 0.2) is 23.4 Å². The Morgan fingerprint density at radius 2 is 2.05 bits per heavy atom. The van der Waals surface area contributed by atoms with E-state index in [1.165, 1.54) is 0 Å². The van der Waals surface area contributed by atoms with Gasteiger partial charge in [-0.1, -0.05) is 5.16 Å². The first kappa shape index (κ1) is 13.9. The van der Waals surface area contributed by atoms with Crippen molar-refractivity contribution >= 4 is 17.1 Å². The molecule has 0 amide bonds. The standard InChI is InChI=1S/C11H11N3O6/c15-13(16)9-3-4-11(10(6-9)14(17)18)20-12-8-2-1-5-19-7-8/h3-4,6H,1-2,5,7H2. The maximum atomic E-state index is 10.9. The molecule has 20 heavy (non-hydrogen) atoms. The molecule has 106 valence electrons. The van der Waals surface area contributed by atoms with Gasteiger partial charge in [-0.05, 0) is 18.9 Å². The summed E-state index contributed by atoms with van der Waals surface area (Å²) in [5, 5.41) is 25.3. The molecule has 9 nitrogen and oxygen atoms in total. The fraction of sp³-hybridized carbons (Fsp3) is 0.364. The van der Waals surface area contributed by atoms with Crippen LogP contribution in [-0.4, -0.2) is 28.8 Å². The van der Waals surface area contributed by atoms with Gasteiger partial charge in [0, 0.05) is 12.7 Å². The normalized spacial score (nSPS) is 16.9. The van der Waals surface area contributed by atoms with Gasteiger partial charge in [-0.15, -0.1) is 0 Å². The highest BCUT2D eigenvalue weighted by molar-refractivity contribution is 5.85. The lowest BCUT2D eigenvalue weighted by atomic mass is 10.2. The second-order valence-electron chi connectivity index (χ2n) is 4.07. The van der Waals surface area contributed by atoms with E-state index in [1.807, 2.05) is 0 Å². The van der Waals surface area contributed by atoms with E-state index >= 15 is 0 Å². The molecule has 1 heterocycles.